The Morgan fingerprint density at radius 1 is 1.03 bits per heavy atom. The van der Waals surface area contributed by atoms with E-state index in [-0.39, 0.29) is 11.1 Å². The molecule has 0 bridgehead atoms. The number of hydrogen-bond acceptors (Lipinski definition) is 4. The minimum absolute atomic E-state index is 0.184. The average Bonchev–Trinajstić information content (AvgIpc) is 3.07. The van der Waals surface area contributed by atoms with Crippen molar-refractivity contribution in [3.05, 3.63) is 82.9 Å². The number of aliphatic hydroxyl groups excluding tert-OH is 1. The zero-order valence-electron chi connectivity index (χ0n) is 15.7. The number of carbonyl (C=O) groups excluding carboxylic acids is 1. The molecule has 0 aliphatic rings. The van der Waals surface area contributed by atoms with Crippen molar-refractivity contribution in [1.82, 2.24) is 4.57 Å². The third-order valence-corrected chi connectivity index (χ3v) is 5.14. The number of nitriles is 1. The van der Waals surface area contributed by atoms with Crippen LogP contribution in [0.25, 0.3) is 21.8 Å². The minimum Gasteiger partial charge on any atom is -0.479 e. The van der Waals surface area contributed by atoms with Gasteiger partial charge in [0.25, 0.3) is 0 Å². The van der Waals surface area contributed by atoms with Crippen molar-refractivity contribution in [1.29, 1.82) is 5.26 Å². The zero-order chi connectivity index (χ0) is 21.4. The molecule has 1 amide bonds. The van der Waals surface area contributed by atoms with E-state index in [1.165, 1.54) is 6.07 Å². The van der Waals surface area contributed by atoms with Crippen LogP contribution in [0.3, 0.4) is 0 Å². The molecular formula is C23H17N3O4. The van der Waals surface area contributed by atoms with E-state index in [2.05, 4.69) is 6.07 Å². The van der Waals surface area contributed by atoms with Crippen LogP contribution in [0.1, 0.15) is 33.2 Å². The smallest absolute Gasteiger partial charge is 0.337 e. The van der Waals surface area contributed by atoms with E-state index in [4.69, 9.17) is 5.73 Å². The summed E-state index contributed by atoms with van der Waals surface area (Å²) in [7, 11) is 0. The monoisotopic (exact) mass is 399 g/mol. The molecule has 0 spiro atoms. The third-order valence-electron chi connectivity index (χ3n) is 5.14. The molecule has 148 valence electrons. The summed E-state index contributed by atoms with van der Waals surface area (Å²) < 4.78 is 1.92. The maximum Gasteiger partial charge on any atom is 0.337 e. The van der Waals surface area contributed by atoms with Crippen molar-refractivity contribution in [3.8, 4) is 6.07 Å². The molecule has 3 aromatic carbocycles. The lowest BCUT2D eigenvalue weighted by Crippen LogP contribution is -2.12. The fraction of sp³-hybridized carbons (Fsp3) is 0.0870. The Kier molecular flexibility index (Phi) is 4.70. The van der Waals surface area contributed by atoms with Gasteiger partial charge in [0, 0.05) is 34.0 Å². The van der Waals surface area contributed by atoms with E-state index in [9.17, 15) is 25.1 Å². The van der Waals surface area contributed by atoms with Gasteiger partial charge in [-0.1, -0.05) is 30.3 Å². The Balaban J connectivity index is 2.08. The van der Waals surface area contributed by atoms with Crippen molar-refractivity contribution in [3.63, 3.8) is 0 Å². The number of hydrogen-bond donors (Lipinski definition) is 3. The molecule has 0 fully saturated rings. The number of aliphatic carboxylic acids is 1. The SMILES string of the molecule is N#Cc1cccc(Cn2c3cccc(C(N)=O)c3c3c(C(O)C(=O)O)cccc32)c1. The maximum atomic E-state index is 12.1. The van der Waals surface area contributed by atoms with E-state index in [0.29, 0.717) is 33.9 Å². The van der Waals surface area contributed by atoms with Crippen molar-refractivity contribution >= 4 is 33.7 Å². The Morgan fingerprint density at radius 3 is 2.37 bits per heavy atom. The Morgan fingerprint density at radius 2 is 1.70 bits per heavy atom. The quantitative estimate of drug-likeness (QED) is 0.475. The number of fused-ring (bicyclic) bond motifs is 3. The molecule has 4 rings (SSSR count). The summed E-state index contributed by atoms with van der Waals surface area (Å²) in [6.07, 6.45) is -1.75. The highest BCUT2D eigenvalue weighted by atomic mass is 16.4. The van der Waals surface area contributed by atoms with Gasteiger partial charge in [0.2, 0.25) is 5.91 Å². The highest BCUT2D eigenvalue weighted by Gasteiger charge is 2.24. The van der Waals surface area contributed by atoms with Crippen LogP contribution < -0.4 is 5.73 Å². The number of aliphatic hydroxyl groups is 1. The molecule has 4 aromatic rings. The highest BCUT2D eigenvalue weighted by molar-refractivity contribution is 6.19. The third kappa shape index (κ3) is 3.05. The number of carboxylic acids is 1. The van der Waals surface area contributed by atoms with Gasteiger partial charge in [-0.25, -0.2) is 4.79 Å². The average molecular weight is 399 g/mol. The van der Waals surface area contributed by atoms with Gasteiger partial charge in [0.15, 0.2) is 6.10 Å². The molecular weight excluding hydrogens is 382 g/mol. The van der Waals surface area contributed by atoms with Gasteiger partial charge in [0.05, 0.1) is 17.1 Å². The van der Waals surface area contributed by atoms with Gasteiger partial charge in [-0.15, -0.1) is 0 Å². The summed E-state index contributed by atoms with van der Waals surface area (Å²) in [4.78, 5) is 23.6. The van der Waals surface area contributed by atoms with Crippen LogP contribution >= 0.6 is 0 Å². The Bertz CT molecular complexity index is 1360. The van der Waals surface area contributed by atoms with Gasteiger partial charge in [0.1, 0.15) is 0 Å². The van der Waals surface area contributed by atoms with Crippen molar-refractivity contribution in [2.24, 2.45) is 5.73 Å². The molecule has 7 heteroatoms. The fourth-order valence-corrected chi connectivity index (χ4v) is 3.87. The first kappa shape index (κ1) is 19.2. The molecule has 1 unspecified atom stereocenters. The van der Waals surface area contributed by atoms with Crippen LogP contribution in [-0.4, -0.2) is 26.7 Å². The number of aromatic nitrogens is 1. The predicted molar refractivity (Wildman–Crippen MR) is 111 cm³/mol. The molecule has 30 heavy (non-hydrogen) atoms. The number of nitrogens with zero attached hydrogens (tertiary/aromatic N) is 2. The number of benzene rings is 3. The summed E-state index contributed by atoms with van der Waals surface area (Å²) in [6.45, 7) is 0.379. The molecule has 7 nitrogen and oxygen atoms in total. The van der Waals surface area contributed by atoms with E-state index >= 15 is 0 Å². The maximum absolute atomic E-state index is 12.1. The molecule has 0 radical (unpaired) electrons. The highest BCUT2D eigenvalue weighted by Crippen LogP contribution is 2.36. The first-order valence-electron chi connectivity index (χ1n) is 9.16. The lowest BCUT2D eigenvalue weighted by atomic mass is 9.99. The summed E-state index contributed by atoms with van der Waals surface area (Å²) in [5.74, 6) is -2.03. The van der Waals surface area contributed by atoms with E-state index in [0.717, 1.165) is 5.56 Å². The zero-order valence-corrected chi connectivity index (χ0v) is 15.7. The molecule has 1 atom stereocenters. The summed E-state index contributed by atoms with van der Waals surface area (Å²) in [6, 6.07) is 19.3. The molecule has 0 aliphatic heterocycles. The summed E-state index contributed by atoms with van der Waals surface area (Å²) in [5.41, 5.74) is 8.73. The number of nitrogens with two attached hydrogens (primary N) is 1. The van der Waals surface area contributed by atoms with Crippen LogP contribution in [0.5, 0.6) is 0 Å². The predicted octanol–water partition coefficient (Wildman–Crippen LogP) is 2.93. The summed E-state index contributed by atoms with van der Waals surface area (Å²) >= 11 is 0. The van der Waals surface area contributed by atoms with Crippen molar-refractivity contribution in [2.75, 3.05) is 0 Å². The second-order valence-corrected chi connectivity index (χ2v) is 6.94. The van der Waals surface area contributed by atoms with E-state index in [1.807, 2.05) is 16.7 Å². The van der Waals surface area contributed by atoms with Crippen LogP contribution in [0.15, 0.2) is 60.7 Å². The van der Waals surface area contributed by atoms with Crippen LogP contribution in [0.4, 0.5) is 0 Å². The molecule has 4 N–H and O–H groups in total. The fourth-order valence-electron chi connectivity index (χ4n) is 3.87. The van der Waals surface area contributed by atoms with Gasteiger partial charge in [-0.2, -0.15) is 5.26 Å². The van der Waals surface area contributed by atoms with Crippen LogP contribution in [-0.2, 0) is 11.3 Å². The minimum atomic E-state index is -1.75. The normalized spacial score (nSPS) is 12.0. The number of carbonyl (C=O) groups is 2. The molecule has 1 heterocycles. The number of carboxylic acid groups (broad SMARTS) is 1. The van der Waals surface area contributed by atoms with E-state index < -0.39 is 18.0 Å². The van der Waals surface area contributed by atoms with Crippen molar-refractivity contribution in [2.45, 2.75) is 12.6 Å². The second kappa shape index (κ2) is 7.35. The summed E-state index contributed by atoms with van der Waals surface area (Å²) in [5, 5.41) is 29.8. The largest absolute Gasteiger partial charge is 0.479 e. The standard InChI is InChI=1S/C23H17N3O4/c24-11-13-4-1-5-14(10-13)12-26-17-8-2-6-15(21(27)23(29)30)19(17)20-16(22(25)28)7-3-9-18(20)26/h1-10,21,27H,12H2,(H2,25,28)(H,29,30). The first-order valence-corrected chi connectivity index (χ1v) is 9.16. The molecule has 0 saturated heterocycles. The lowest BCUT2D eigenvalue weighted by molar-refractivity contribution is -0.146. The number of rotatable bonds is 5. The van der Waals surface area contributed by atoms with Crippen LogP contribution in [0, 0.1) is 11.3 Å². The number of amides is 1. The molecule has 0 aliphatic carbocycles. The van der Waals surface area contributed by atoms with Crippen LogP contribution in [0.2, 0.25) is 0 Å². The first-order chi connectivity index (χ1) is 14.4. The van der Waals surface area contributed by atoms with Gasteiger partial charge >= 0.3 is 5.97 Å². The molecule has 0 saturated carbocycles. The Labute approximate surface area is 171 Å². The second-order valence-electron chi connectivity index (χ2n) is 6.94. The van der Waals surface area contributed by atoms with E-state index in [1.54, 1.807) is 42.5 Å². The van der Waals surface area contributed by atoms with Crippen molar-refractivity contribution < 1.29 is 19.8 Å². The number of primary amides is 1. The van der Waals surface area contributed by atoms with Gasteiger partial charge in [-0.3, -0.25) is 4.79 Å². The van der Waals surface area contributed by atoms with Gasteiger partial charge in [-0.05, 0) is 35.9 Å². The molecule has 1 aromatic heterocycles. The lowest BCUT2D eigenvalue weighted by Gasteiger charge is -2.10. The Hall–Kier alpha value is -4.15. The van der Waals surface area contributed by atoms with Gasteiger partial charge < -0.3 is 20.5 Å². The topological polar surface area (TPSA) is 129 Å².